The van der Waals surface area contributed by atoms with Gasteiger partial charge in [0.15, 0.2) is 0 Å². The molecule has 0 aromatic heterocycles. The van der Waals surface area contributed by atoms with Gasteiger partial charge in [0.25, 0.3) is 0 Å². The van der Waals surface area contributed by atoms with Gasteiger partial charge in [0.05, 0.1) is 44.1 Å². The summed E-state index contributed by atoms with van der Waals surface area (Å²) in [6, 6.07) is 16.1. The predicted molar refractivity (Wildman–Crippen MR) is 131 cm³/mol. The van der Waals surface area contributed by atoms with Crippen molar-refractivity contribution in [3.05, 3.63) is 65.2 Å². The van der Waals surface area contributed by atoms with Gasteiger partial charge in [-0.3, -0.25) is 0 Å². The quantitative estimate of drug-likeness (QED) is 0.374. The van der Waals surface area contributed by atoms with Gasteiger partial charge in [-0.2, -0.15) is 0 Å². The highest BCUT2D eigenvalue weighted by molar-refractivity contribution is 5.74. The maximum absolute atomic E-state index is 11.7. The Labute approximate surface area is 201 Å². The van der Waals surface area contributed by atoms with Gasteiger partial charge in [-0.1, -0.05) is 36.4 Å². The largest absolute Gasteiger partial charge is 0.492 e. The summed E-state index contributed by atoms with van der Waals surface area (Å²) in [5.41, 5.74) is 3.21. The van der Waals surface area contributed by atoms with Crippen LogP contribution in [0.4, 0.5) is 4.79 Å². The van der Waals surface area contributed by atoms with E-state index in [0.717, 1.165) is 12.2 Å². The number of nitrogens with one attached hydrogen (secondary N) is 2. The summed E-state index contributed by atoms with van der Waals surface area (Å²) in [6.07, 6.45) is 0.437. The summed E-state index contributed by atoms with van der Waals surface area (Å²) in [5, 5.41) is 32.1. The van der Waals surface area contributed by atoms with E-state index in [-0.39, 0.29) is 12.6 Å². The molecule has 188 valence electrons. The van der Waals surface area contributed by atoms with Crippen LogP contribution in [-0.2, 0) is 11.2 Å². The van der Waals surface area contributed by atoms with Crippen molar-refractivity contribution in [3.63, 3.8) is 0 Å². The highest BCUT2D eigenvalue weighted by Crippen LogP contribution is 2.17. The molecule has 1 saturated heterocycles. The molecule has 3 rings (SSSR count). The average Bonchev–Trinajstić information content (AvgIpc) is 2.79. The molecule has 34 heavy (non-hydrogen) atoms. The maximum Gasteiger partial charge on any atom is 0.315 e. The van der Waals surface area contributed by atoms with Crippen LogP contribution in [-0.4, -0.2) is 72.1 Å². The molecule has 2 aromatic carbocycles. The van der Waals surface area contributed by atoms with Crippen LogP contribution in [0.2, 0.25) is 0 Å². The molecule has 1 aliphatic heterocycles. The van der Waals surface area contributed by atoms with Gasteiger partial charge < -0.3 is 35.4 Å². The predicted octanol–water partition coefficient (Wildman–Crippen LogP) is 2.16. The number of carbonyl (C=O) groups excluding carboxylic acids is 1. The third-order valence-corrected chi connectivity index (χ3v) is 5.25. The third-order valence-electron chi connectivity index (χ3n) is 5.25. The molecule has 2 aromatic rings. The topological polar surface area (TPSA) is 120 Å². The van der Waals surface area contributed by atoms with Crippen molar-refractivity contribution in [2.75, 3.05) is 33.0 Å². The Bertz CT molecular complexity index is 864. The number of ether oxygens (including phenoxy) is 2. The molecule has 1 fully saturated rings. The van der Waals surface area contributed by atoms with Crippen LogP contribution in [0.15, 0.2) is 48.5 Å². The molecular weight excluding hydrogens is 436 g/mol. The van der Waals surface area contributed by atoms with Crippen LogP contribution in [0.3, 0.4) is 0 Å². The van der Waals surface area contributed by atoms with Crippen molar-refractivity contribution < 1.29 is 29.6 Å². The van der Waals surface area contributed by atoms with E-state index in [1.807, 2.05) is 12.1 Å². The minimum absolute atomic E-state index is 0.119. The van der Waals surface area contributed by atoms with Crippen molar-refractivity contribution in [1.82, 2.24) is 10.6 Å². The van der Waals surface area contributed by atoms with Crippen LogP contribution in [0.5, 0.6) is 5.75 Å². The number of amides is 2. The van der Waals surface area contributed by atoms with Crippen LogP contribution in [0, 0.1) is 6.92 Å². The maximum atomic E-state index is 11.7. The van der Waals surface area contributed by atoms with Gasteiger partial charge in [-0.15, -0.1) is 0 Å². The number of aliphatic hydroxyl groups excluding tert-OH is 3. The molecular formula is C26H38N2O6. The van der Waals surface area contributed by atoms with Gasteiger partial charge >= 0.3 is 6.03 Å². The summed E-state index contributed by atoms with van der Waals surface area (Å²) in [4.78, 5) is 11.7. The Kier molecular flexibility index (Phi) is 11.3. The molecule has 0 spiro atoms. The second-order valence-corrected chi connectivity index (χ2v) is 9.10. The van der Waals surface area contributed by atoms with Crippen LogP contribution in [0.25, 0.3) is 0 Å². The Hall–Kier alpha value is -2.65. The molecule has 2 amide bonds. The second-order valence-electron chi connectivity index (χ2n) is 9.10. The van der Waals surface area contributed by atoms with Crippen LogP contribution < -0.4 is 15.4 Å². The van der Waals surface area contributed by atoms with Gasteiger partial charge in [0.2, 0.25) is 0 Å². The van der Waals surface area contributed by atoms with Gasteiger partial charge in [-0.25, -0.2) is 4.79 Å². The lowest BCUT2D eigenvalue weighted by Gasteiger charge is -2.23. The molecule has 8 heteroatoms. The normalized spacial score (nSPS) is 17.8. The molecule has 1 aliphatic rings. The molecule has 1 heterocycles. The van der Waals surface area contributed by atoms with E-state index in [0.29, 0.717) is 32.8 Å². The Morgan fingerprint density at radius 3 is 2.29 bits per heavy atom. The fraction of sp³-hybridized carbons (Fsp3) is 0.500. The number of hydrogen-bond donors (Lipinski definition) is 5. The number of aliphatic hydroxyl groups is 3. The standard InChI is InChI=1S/C21H28N2O3.C5H10O3/c1-16-6-4-5-7-18(16)14-17-8-10-19(11-9-17)26-13-12-22-20(25)23-21(2,3)15-24;6-4-1-5(7)3-8-2-4/h4-11,24H,12-15H2,1-3H3,(H2,22,23,25);4-7H,1-3H2. The molecule has 0 radical (unpaired) electrons. The van der Waals surface area contributed by atoms with E-state index in [1.165, 1.54) is 16.7 Å². The first kappa shape index (κ1) is 27.6. The van der Waals surface area contributed by atoms with Crippen LogP contribution >= 0.6 is 0 Å². The van der Waals surface area contributed by atoms with E-state index in [4.69, 9.17) is 24.8 Å². The molecule has 0 aliphatic carbocycles. The van der Waals surface area contributed by atoms with Crippen molar-refractivity contribution >= 4 is 6.03 Å². The highest BCUT2D eigenvalue weighted by atomic mass is 16.5. The summed E-state index contributed by atoms with van der Waals surface area (Å²) in [7, 11) is 0. The summed E-state index contributed by atoms with van der Waals surface area (Å²) >= 11 is 0. The van der Waals surface area contributed by atoms with Crippen molar-refractivity contribution in [3.8, 4) is 5.75 Å². The van der Waals surface area contributed by atoms with Gasteiger partial charge in [0, 0.05) is 6.42 Å². The molecule has 2 unspecified atom stereocenters. The van der Waals surface area contributed by atoms with E-state index < -0.39 is 17.7 Å². The van der Waals surface area contributed by atoms with Crippen LogP contribution in [0.1, 0.15) is 37.0 Å². The van der Waals surface area contributed by atoms with E-state index in [9.17, 15) is 4.79 Å². The SMILES string of the molecule is Cc1ccccc1Cc1ccc(OCCNC(=O)NC(C)(C)CO)cc1.OC1COCC(O)C1. The van der Waals surface area contributed by atoms with Crippen molar-refractivity contribution in [2.24, 2.45) is 0 Å². The Balaban J connectivity index is 0.000000430. The minimum Gasteiger partial charge on any atom is -0.492 e. The Morgan fingerprint density at radius 2 is 1.74 bits per heavy atom. The number of aryl methyl sites for hydroxylation is 1. The van der Waals surface area contributed by atoms with Gasteiger partial charge in [0.1, 0.15) is 12.4 Å². The summed E-state index contributed by atoms with van der Waals surface area (Å²) in [6.45, 7) is 7.02. The number of urea groups is 1. The lowest BCUT2D eigenvalue weighted by atomic mass is 10.0. The number of benzene rings is 2. The molecule has 8 nitrogen and oxygen atoms in total. The third kappa shape index (κ3) is 10.5. The fourth-order valence-corrected chi connectivity index (χ4v) is 3.25. The molecule has 0 bridgehead atoms. The summed E-state index contributed by atoms with van der Waals surface area (Å²) in [5.74, 6) is 0.774. The van der Waals surface area contributed by atoms with E-state index in [2.05, 4.69) is 54.0 Å². The fourth-order valence-electron chi connectivity index (χ4n) is 3.25. The lowest BCUT2D eigenvalue weighted by molar-refractivity contribution is -0.0715. The first-order chi connectivity index (χ1) is 16.2. The monoisotopic (exact) mass is 474 g/mol. The lowest BCUT2D eigenvalue weighted by Crippen LogP contribution is -2.51. The summed E-state index contributed by atoms with van der Waals surface area (Å²) < 4.78 is 10.4. The zero-order valence-corrected chi connectivity index (χ0v) is 20.3. The average molecular weight is 475 g/mol. The van der Waals surface area contributed by atoms with Crippen molar-refractivity contribution in [2.45, 2.75) is 51.4 Å². The van der Waals surface area contributed by atoms with Gasteiger partial charge in [-0.05, 0) is 56.0 Å². The zero-order chi connectivity index (χ0) is 25.0. The zero-order valence-electron chi connectivity index (χ0n) is 20.3. The second kappa shape index (κ2) is 13.9. The van der Waals surface area contributed by atoms with E-state index >= 15 is 0 Å². The molecule has 2 atom stereocenters. The Morgan fingerprint density at radius 1 is 1.09 bits per heavy atom. The molecule has 0 saturated carbocycles. The number of rotatable bonds is 8. The first-order valence-corrected chi connectivity index (χ1v) is 11.6. The molecule has 5 N–H and O–H groups in total. The van der Waals surface area contributed by atoms with E-state index in [1.54, 1.807) is 13.8 Å². The number of hydrogen-bond acceptors (Lipinski definition) is 6. The van der Waals surface area contributed by atoms with Crippen molar-refractivity contribution in [1.29, 1.82) is 0 Å². The minimum atomic E-state index is -0.641. The first-order valence-electron chi connectivity index (χ1n) is 11.6. The smallest absolute Gasteiger partial charge is 0.315 e. The number of carbonyl (C=O) groups is 1. The highest BCUT2D eigenvalue weighted by Gasteiger charge is 2.18.